The summed E-state index contributed by atoms with van der Waals surface area (Å²) in [6.07, 6.45) is 0.546. The third-order valence-corrected chi connectivity index (χ3v) is 0.950. The van der Waals surface area contributed by atoms with Crippen LogP contribution in [0.5, 0.6) is 0 Å². The number of carbonyl (C=O) groups excluding carboxylic acids is 1. The summed E-state index contributed by atoms with van der Waals surface area (Å²) in [5.74, 6) is -4.05. The summed E-state index contributed by atoms with van der Waals surface area (Å²) in [6, 6.07) is 0. The van der Waals surface area contributed by atoms with Crippen LogP contribution in [0.15, 0.2) is 11.5 Å². The normalized spacial score (nSPS) is 11.3. The van der Waals surface area contributed by atoms with Gasteiger partial charge in [0.05, 0.1) is 6.57 Å². The molecular formula is C7H2CoF3NO3. The summed E-state index contributed by atoms with van der Waals surface area (Å²) >= 11 is 0. The van der Waals surface area contributed by atoms with Crippen LogP contribution in [0.25, 0.3) is 4.85 Å². The van der Waals surface area contributed by atoms with Crippen molar-refractivity contribution < 1.29 is 44.6 Å². The quantitative estimate of drug-likeness (QED) is 0.256. The first-order valence-electron chi connectivity index (χ1n) is 2.89. The predicted octanol–water partition coefficient (Wildman–Crippen LogP) is 1.37. The zero-order valence-corrected chi connectivity index (χ0v) is 7.80. The molecule has 0 saturated carbocycles. The molecule has 8 heteroatoms. The molecule has 0 rings (SSSR count). The Morgan fingerprint density at radius 1 is 1.53 bits per heavy atom. The summed E-state index contributed by atoms with van der Waals surface area (Å²) in [5, 5.41) is 8.41. The maximum atomic E-state index is 11.8. The van der Waals surface area contributed by atoms with Crippen molar-refractivity contribution in [3.8, 4) is 12.5 Å². The molecule has 1 N–H and O–H groups in total. The van der Waals surface area contributed by atoms with Gasteiger partial charge in [0.1, 0.15) is 6.11 Å². The van der Waals surface area contributed by atoms with Gasteiger partial charge in [0, 0.05) is 16.8 Å². The van der Waals surface area contributed by atoms with Crippen LogP contribution in [0.3, 0.4) is 0 Å². The standard InChI is InChI=1S/C7H2F3NO3.Co/c1-3-14-6(13)4(11-2)5(12)7(8,9)10;/h1,12H;/b5-4+;. The van der Waals surface area contributed by atoms with Gasteiger partial charge in [-0.05, 0) is 0 Å². The van der Waals surface area contributed by atoms with Crippen molar-refractivity contribution in [3.05, 3.63) is 22.9 Å². The van der Waals surface area contributed by atoms with E-state index in [1.807, 2.05) is 0 Å². The molecule has 0 fully saturated rings. The Labute approximate surface area is 92.7 Å². The fraction of sp³-hybridized carbons (Fsp3) is 0.143. The van der Waals surface area contributed by atoms with E-state index in [9.17, 15) is 18.0 Å². The van der Waals surface area contributed by atoms with E-state index in [4.69, 9.17) is 11.7 Å². The number of hydrogen-bond acceptors (Lipinski definition) is 3. The van der Waals surface area contributed by atoms with E-state index in [1.54, 1.807) is 0 Å². The Hall–Kier alpha value is -1.64. The Balaban J connectivity index is 0. The molecule has 1 radical (unpaired) electrons. The Bertz CT molecular complexity index is 361. The molecule has 0 atom stereocenters. The summed E-state index contributed by atoms with van der Waals surface area (Å²) in [5.41, 5.74) is -1.60. The first-order chi connectivity index (χ1) is 6.34. The molecule has 0 aliphatic carbocycles. The number of rotatable bonds is 1. The summed E-state index contributed by atoms with van der Waals surface area (Å²) in [4.78, 5) is 12.7. The number of ether oxygens (including phenoxy) is 1. The number of alkyl halides is 3. The van der Waals surface area contributed by atoms with Gasteiger partial charge in [0.15, 0.2) is 0 Å². The van der Waals surface area contributed by atoms with Crippen molar-refractivity contribution in [1.82, 2.24) is 0 Å². The summed E-state index contributed by atoms with van der Waals surface area (Å²) in [6.45, 7) is 6.22. The maximum Gasteiger partial charge on any atom is 0.438 e. The minimum absolute atomic E-state index is 0. The minimum atomic E-state index is -5.19. The maximum absolute atomic E-state index is 11.8. The topological polar surface area (TPSA) is 50.9 Å². The summed E-state index contributed by atoms with van der Waals surface area (Å²) < 4.78 is 39.0. The number of aliphatic hydroxyl groups is 1. The predicted molar refractivity (Wildman–Crippen MR) is 37.2 cm³/mol. The fourth-order valence-electron chi connectivity index (χ4n) is 0.431. The molecule has 0 saturated heterocycles. The van der Waals surface area contributed by atoms with Gasteiger partial charge in [-0.2, -0.15) is 13.2 Å². The number of allylic oxidation sites excluding steroid dienone is 1. The molecule has 0 amide bonds. The van der Waals surface area contributed by atoms with E-state index in [0.29, 0.717) is 0 Å². The molecular weight excluding hydrogens is 262 g/mol. The number of terminal acetylenes is 1. The zero-order valence-electron chi connectivity index (χ0n) is 6.76. The van der Waals surface area contributed by atoms with Crippen LogP contribution < -0.4 is 0 Å². The Morgan fingerprint density at radius 2 is 2.00 bits per heavy atom. The smallest absolute Gasteiger partial charge is 0.438 e. The summed E-state index contributed by atoms with van der Waals surface area (Å²) in [7, 11) is 0. The average molecular weight is 264 g/mol. The second-order valence-corrected chi connectivity index (χ2v) is 1.81. The number of carbonyl (C=O) groups is 1. The fourth-order valence-corrected chi connectivity index (χ4v) is 0.431. The second-order valence-electron chi connectivity index (χ2n) is 1.81. The van der Waals surface area contributed by atoms with Crippen LogP contribution in [0, 0.1) is 19.1 Å². The van der Waals surface area contributed by atoms with Crippen LogP contribution in [0.1, 0.15) is 0 Å². The van der Waals surface area contributed by atoms with Crippen molar-refractivity contribution >= 4 is 5.97 Å². The number of halogens is 3. The third kappa shape index (κ3) is 4.40. The van der Waals surface area contributed by atoms with E-state index in [1.165, 1.54) is 6.11 Å². The van der Waals surface area contributed by atoms with Crippen molar-refractivity contribution in [3.63, 3.8) is 0 Å². The van der Waals surface area contributed by atoms with Gasteiger partial charge in [0.2, 0.25) is 5.76 Å². The third-order valence-electron chi connectivity index (χ3n) is 0.950. The number of nitrogens with zero attached hydrogens (tertiary/aromatic N) is 1. The molecule has 0 spiro atoms. The molecule has 0 unspecified atom stereocenters. The van der Waals surface area contributed by atoms with Crippen LogP contribution in [-0.2, 0) is 26.3 Å². The average Bonchev–Trinajstić information content (AvgIpc) is 2.04. The van der Waals surface area contributed by atoms with E-state index in [2.05, 4.69) is 16.0 Å². The Morgan fingerprint density at radius 3 is 2.27 bits per heavy atom. The number of hydrogen-bond donors (Lipinski definition) is 1. The number of esters is 1. The first kappa shape index (κ1) is 15.8. The molecule has 15 heavy (non-hydrogen) atoms. The van der Waals surface area contributed by atoms with E-state index < -0.39 is 23.6 Å². The molecule has 0 aliphatic rings. The van der Waals surface area contributed by atoms with Crippen molar-refractivity contribution in [2.75, 3.05) is 0 Å². The van der Waals surface area contributed by atoms with Crippen molar-refractivity contribution in [1.29, 1.82) is 0 Å². The number of aliphatic hydroxyl groups excluding tert-OH is 1. The first-order valence-corrected chi connectivity index (χ1v) is 2.89. The van der Waals surface area contributed by atoms with Crippen molar-refractivity contribution in [2.45, 2.75) is 6.18 Å². The molecule has 0 aliphatic heterocycles. The minimum Gasteiger partial charge on any atom is -0.515 e. The van der Waals surface area contributed by atoms with Crippen LogP contribution >= 0.6 is 0 Å². The molecule has 0 aromatic rings. The van der Waals surface area contributed by atoms with Crippen LogP contribution in [0.2, 0.25) is 0 Å². The van der Waals surface area contributed by atoms with Gasteiger partial charge < -0.3 is 9.84 Å². The molecule has 0 aromatic heterocycles. The van der Waals surface area contributed by atoms with Crippen molar-refractivity contribution in [2.24, 2.45) is 0 Å². The van der Waals surface area contributed by atoms with E-state index in [-0.39, 0.29) is 16.8 Å². The molecule has 0 aromatic carbocycles. The Kier molecular flexibility index (Phi) is 6.28. The van der Waals surface area contributed by atoms with E-state index >= 15 is 0 Å². The molecule has 0 bridgehead atoms. The van der Waals surface area contributed by atoms with Gasteiger partial charge in [-0.3, -0.25) is 4.79 Å². The zero-order chi connectivity index (χ0) is 11.4. The molecule has 0 heterocycles. The van der Waals surface area contributed by atoms with Gasteiger partial charge >= 0.3 is 17.8 Å². The second kappa shape index (κ2) is 5.96. The van der Waals surface area contributed by atoms with Gasteiger partial charge in [0.25, 0.3) is 0 Å². The van der Waals surface area contributed by atoms with Crippen LogP contribution in [0.4, 0.5) is 13.2 Å². The van der Waals surface area contributed by atoms with E-state index in [0.717, 1.165) is 0 Å². The monoisotopic (exact) mass is 264 g/mol. The van der Waals surface area contributed by atoms with Gasteiger partial charge in [-0.25, -0.2) is 4.85 Å². The molecule has 4 nitrogen and oxygen atoms in total. The molecule has 83 valence electrons. The van der Waals surface area contributed by atoms with Crippen LogP contribution in [-0.4, -0.2) is 17.3 Å². The SMILES string of the molecule is [C-]#[N+]/C(C(=O)OC#C)=C(/O)C(F)(F)F.[Co]. The van der Waals surface area contributed by atoms with Gasteiger partial charge in [-0.15, -0.1) is 0 Å². The largest absolute Gasteiger partial charge is 0.515 e. The van der Waals surface area contributed by atoms with Gasteiger partial charge in [-0.1, -0.05) is 6.42 Å².